The summed E-state index contributed by atoms with van der Waals surface area (Å²) < 4.78 is 4.98. The molecule has 0 fully saturated rings. The number of fused-ring (bicyclic) bond motifs is 1. The van der Waals surface area contributed by atoms with Crippen LogP contribution in [0.25, 0.3) is 0 Å². The Hall–Kier alpha value is -2.96. The largest absolute Gasteiger partial charge is 0.451 e. The van der Waals surface area contributed by atoms with Gasteiger partial charge in [0, 0.05) is 6.54 Å². The van der Waals surface area contributed by atoms with Crippen LogP contribution in [-0.4, -0.2) is 42.8 Å². The van der Waals surface area contributed by atoms with Gasteiger partial charge in [-0.2, -0.15) is 0 Å². The highest BCUT2D eigenvalue weighted by molar-refractivity contribution is 6.52. The average Bonchev–Trinajstić information content (AvgIpc) is 2.78. The third-order valence-corrected chi connectivity index (χ3v) is 3.26. The summed E-state index contributed by atoms with van der Waals surface area (Å²) in [5.41, 5.74) is 0.616. The molecule has 1 heterocycles. The van der Waals surface area contributed by atoms with Gasteiger partial charge in [0.25, 0.3) is 17.6 Å². The van der Waals surface area contributed by atoms with Crippen LogP contribution >= 0.6 is 0 Å². The zero-order chi connectivity index (χ0) is 17.0. The van der Waals surface area contributed by atoms with E-state index in [1.165, 1.54) is 19.1 Å². The normalized spacial score (nSPS) is 14.2. The lowest BCUT2D eigenvalue weighted by molar-refractivity contribution is -0.153. The quantitative estimate of drug-likeness (QED) is 0.467. The maximum absolute atomic E-state index is 11.9. The van der Waals surface area contributed by atoms with Gasteiger partial charge in [0.15, 0.2) is 6.10 Å². The van der Waals surface area contributed by atoms with Gasteiger partial charge in [-0.1, -0.05) is 18.2 Å². The molecule has 1 aliphatic heterocycles. The first kappa shape index (κ1) is 16.4. The molecule has 1 aliphatic rings. The lowest BCUT2D eigenvalue weighted by Crippen LogP contribution is -2.40. The number of carbonyl (C=O) groups excluding carboxylic acids is 4. The average molecular weight is 316 g/mol. The number of anilines is 1. The Kier molecular flexibility index (Phi) is 4.90. The maximum atomic E-state index is 11.9. The summed E-state index contributed by atoms with van der Waals surface area (Å²) in [6.07, 6.45) is 0.490. The van der Waals surface area contributed by atoms with Crippen LogP contribution in [0.3, 0.4) is 0 Å². The number of esters is 1. The number of Topliss-reactive ketones (excluding diaryl/α,β-unsaturated/α-hetero) is 1. The number of amides is 2. The molecular weight excluding hydrogens is 300 g/mol. The summed E-state index contributed by atoms with van der Waals surface area (Å²) in [5, 5.41) is 2.49. The standard InChI is InChI=1S/C16H16N2O5/c1-3-8-17-15(21)10(2)23-13(19)9-18-12-7-5-4-6-11(12)14(20)16(18)22/h3-7,10H,1,8-9H2,2H3,(H,17,21)/t10-/m1/s1. The van der Waals surface area contributed by atoms with Gasteiger partial charge in [-0.05, 0) is 19.1 Å². The van der Waals surface area contributed by atoms with Crippen LogP contribution < -0.4 is 10.2 Å². The molecule has 0 saturated carbocycles. The molecule has 0 spiro atoms. The van der Waals surface area contributed by atoms with Crippen molar-refractivity contribution in [2.24, 2.45) is 0 Å². The lowest BCUT2D eigenvalue weighted by Gasteiger charge is -2.17. The van der Waals surface area contributed by atoms with Gasteiger partial charge in [0.05, 0.1) is 11.3 Å². The van der Waals surface area contributed by atoms with Gasteiger partial charge in [0.1, 0.15) is 6.54 Å². The molecule has 1 N–H and O–H groups in total. The van der Waals surface area contributed by atoms with Crippen LogP contribution in [0.5, 0.6) is 0 Å². The Balaban J connectivity index is 2.01. The molecule has 0 radical (unpaired) electrons. The first-order valence-corrected chi connectivity index (χ1v) is 6.99. The highest BCUT2D eigenvalue weighted by Gasteiger charge is 2.37. The predicted molar refractivity (Wildman–Crippen MR) is 81.9 cm³/mol. The van der Waals surface area contributed by atoms with Crippen molar-refractivity contribution in [1.29, 1.82) is 0 Å². The van der Waals surface area contributed by atoms with Gasteiger partial charge in [-0.3, -0.25) is 24.1 Å². The van der Waals surface area contributed by atoms with Crippen molar-refractivity contribution in [2.75, 3.05) is 18.0 Å². The summed E-state index contributed by atoms with van der Waals surface area (Å²) in [5.74, 6) is -2.69. The number of ketones is 1. The molecule has 7 heteroatoms. The number of benzene rings is 1. The van der Waals surface area contributed by atoms with E-state index in [0.29, 0.717) is 5.69 Å². The van der Waals surface area contributed by atoms with Crippen molar-refractivity contribution >= 4 is 29.3 Å². The highest BCUT2D eigenvalue weighted by atomic mass is 16.5. The molecular formula is C16H16N2O5. The second kappa shape index (κ2) is 6.87. The first-order valence-electron chi connectivity index (χ1n) is 6.99. The van der Waals surface area contributed by atoms with E-state index in [2.05, 4.69) is 11.9 Å². The Bertz CT molecular complexity index is 683. The van der Waals surface area contributed by atoms with Crippen molar-refractivity contribution in [3.63, 3.8) is 0 Å². The molecule has 0 saturated heterocycles. The summed E-state index contributed by atoms with van der Waals surface area (Å²) in [6.45, 7) is 4.70. The minimum Gasteiger partial charge on any atom is -0.451 e. The molecule has 1 aromatic rings. The second-order valence-electron chi connectivity index (χ2n) is 4.90. The Morgan fingerprint density at radius 3 is 2.74 bits per heavy atom. The van der Waals surface area contributed by atoms with Gasteiger partial charge in [-0.15, -0.1) is 6.58 Å². The van der Waals surface area contributed by atoms with E-state index < -0.39 is 36.2 Å². The van der Waals surface area contributed by atoms with Crippen molar-refractivity contribution in [1.82, 2.24) is 5.32 Å². The minimum atomic E-state index is -1.01. The Morgan fingerprint density at radius 2 is 2.04 bits per heavy atom. The number of hydrogen-bond donors (Lipinski definition) is 1. The van der Waals surface area contributed by atoms with Gasteiger partial charge in [0.2, 0.25) is 0 Å². The molecule has 2 amide bonds. The van der Waals surface area contributed by atoms with E-state index in [1.54, 1.807) is 18.2 Å². The van der Waals surface area contributed by atoms with Crippen LogP contribution in [-0.2, 0) is 19.1 Å². The van der Waals surface area contributed by atoms with Crippen molar-refractivity contribution in [3.05, 3.63) is 42.5 Å². The third kappa shape index (κ3) is 3.45. The van der Waals surface area contributed by atoms with E-state index in [0.717, 1.165) is 4.90 Å². The van der Waals surface area contributed by atoms with Gasteiger partial charge >= 0.3 is 5.97 Å². The summed E-state index contributed by atoms with van der Waals surface area (Å²) in [7, 11) is 0. The van der Waals surface area contributed by atoms with Crippen LogP contribution in [0.4, 0.5) is 5.69 Å². The van der Waals surface area contributed by atoms with E-state index in [1.807, 2.05) is 0 Å². The van der Waals surface area contributed by atoms with Crippen LogP contribution in [0.15, 0.2) is 36.9 Å². The molecule has 0 bridgehead atoms. The summed E-state index contributed by atoms with van der Waals surface area (Å²) in [6, 6.07) is 6.39. The molecule has 0 unspecified atom stereocenters. The van der Waals surface area contributed by atoms with Crippen LogP contribution in [0, 0.1) is 0 Å². The van der Waals surface area contributed by atoms with E-state index in [9.17, 15) is 19.2 Å². The molecule has 0 aliphatic carbocycles. The zero-order valence-corrected chi connectivity index (χ0v) is 12.6. The number of ether oxygens (including phenoxy) is 1. The highest BCUT2D eigenvalue weighted by Crippen LogP contribution is 2.28. The van der Waals surface area contributed by atoms with Gasteiger partial charge in [-0.25, -0.2) is 0 Å². The maximum Gasteiger partial charge on any atom is 0.326 e. The topological polar surface area (TPSA) is 92.8 Å². The molecule has 2 rings (SSSR count). The van der Waals surface area contributed by atoms with Crippen molar-refractivity contribution in [3.8, 4) is 0 Å². The zero-order valence-electron chi connectivity index (χ0n) is 12.6. The number of nitrogens with one attached hydrogen (secondary N) is 1. The molecule has 120 valence electrons. The first-order chi connectivity index (χ1) is 11.0. The minimum absolute atomic E-state index is 0.252. The van der Waals surface area contributed by atoms with Crippen molar-refractivity contribution < 1.29 is 23.9 Å². The summed E-state index contributed by atoms with van der Waals surface area (Å²) in [4.78, 5) is 48.3. The fourth-order valence-corrected chi connectivity index (χ4v) is 2.14. The Labute approximate surface area is 132 Å². The number of rotatable bonds is 6. The lowest BCUT2D eigenvalue weighted by atomic mass is 10.1. The molecule has 1 atom stereocenters. The molecule has 1 aromatic carbocycles. The number of nitrogens with zero attached hydrogens (tertiary/aromatic N) is 1. The van der Waals surface area contributed by atoms with Gasteiger partial charge < -0.3 is 10.1 Å². The molecule has 0 aromatic heterocycles. The van der Waals surface area contributed by atoms with Crippen LogP contribution in [0.2, 0.25) is 0 Å². The number of para-hydroxylation sites is 1. The Morgan fingerprint density at radius 1 is 1.35 bits per heavy atom. The smallest absolute Gasteiger partial charge is 0.326 e. The van der Waals surface area contributed by atoms with Crippen molar-refractivity contribution in [2.45, 2.75) is 13.0 Å². The fourth-order valence-electron chi connectivity index (χ4n) is 2.14. The van der Waals surface area contributed by atoms with Crippen LogP contribution in [0.1, 0.15) is 17.3 Å². The SMILES string of the molecule is C=CCNC(=O)[C@@H](C)OC(=O)CN1C(=O)C(=O)c2ccccc21. The molecule has 7 nitrogen and oxygen atoms in total. The van der Waals surface area contributed by atoms with E-state index in [4.69, 9.17) is 4.74 Å². The monoisotopic (exact) mass is 316 g/mol. The second-order valence-corrected chi connectivity index (χ2v) is 4.90. The van der Waals surface area contributed by atoms with E-state index in [-0.39, 0.29) is 12.1 Å². The van der Waals surface area contributed by atoms with E-state index >= 15 is 0 Å². The third-order valence-electron chi connectivity index (χ3n) is 3.26. The number of hydrogen-bond acceptors (Lipinski definition) is 5. The molecule has 23 heavy (non-hydrogen) atoms. The fraction of sp³-hybridized carbons (Fsp3) is 0.250. The summed E-state index contributed by atoms with van der Waals surface area (Å²) >= 11 is 0. The number of carbonyl (C=O) groups is 4. The predicted octanol–water partition coefficient (Wildman–Crippen LogP) is 0.450.